The second kappa shape index (κ2) is 3.94. The highest BCUT2D eigenvalue weighted by atomic mass is 32.2. The first-order valence-electron chi connectivity index (χ1n) is 5.17. The predicted molar refractivity (Wildman–Crippen MR) is 66.3 cm³/mol. The molecule has 0 saturated heterocycles. The Labute approximate surface area is 95.6 Å². The largest absolute Gasteiger partial charge is 0.351 e. The number of aryl methyl sites for hydroxylation is 2. The molecule has 0 atom stereocenters. The van der Waals surface area contributed by atoms with Crippen molar-refractivity contribution in [1.82, 2.24) is 4.57 Å². The lowest BCUT2D eigenvalue weighted by atomic mass is 10.1. The molecule has 0 radical (unpaired) electrons. The minimum Gasteiger partial charge on any atom is -0.351 e. The molecule has 0 bridgehead atoms. The van der Waals surface area contributed by atoms with E-state index in [1.807, 2.05) is 29.9 Å². The second-order valence-corrected chi connectivity index (χ2v) is 6.46. The molecule has 4 heteroatoms. The van der Waals surface area contributed by atoms with Crippen molar-refractivity contribution in [1.29, 1.82) is 0 Å². The molecule has 16 heavy (non-hydrogen) atoms. The lowest BCUT2D eigenvalue weighted by molar-refractivity contribution is 0.601. The standard InChI is InChI=1S/C12H15NO2S/c1-13-7-5-11-4-3-10(9-12(11)13)6-8-16(2,14)15/h3-5,7,9H,6,8H2,1-2H3. The molecule has 0 aliphatic rings. The Morgan fingerprint density at radius 1 is 1.25 bits per heavy atom. The van der Waals surface area contributed by atoms with Gasteiger partial charge in [-0.1, -0.05) is 12.1 Å². The molecule has 0 saturated carbocycles. The number of aromatic nitrogens is 1. The minimum atomic E-state index is -2.88. The zero-order valence-corrected chi connectivity index (χ0v) is 10.3. The van der Waals surface area contributed by atoms with E-state index in [1.54, 1.807) is 0 Å². The molecule has 0 amide bonds. The highest BCUT2D eigenvalue weighted by molar-refractivity contribution is 7.90. The van der Waals surface area contributed by atoms with Gasteiger partial charge >= 0.3 is 0 Å². The summed E-state index contributed by atoms with van der Waals surface area (Å²) in [5, 5.41) is 1.19. The van der Waals surface area contributed by atoms with E-state index in [0.29, 0.717) is 6.42 Å². The number of benzene rings is 1. The average Bonchev–Trinajstić information content (AvgIpc) is 2.56. The molecule has 0 spiro atoms. The van der Waals surface area contributed by atoms with Gasteiger partial charge in [-0.15, -0.1) is 0 Å². The van der Waals surface area contributed by atoms with Crippen LogP contribution < -0.4 is 0 Å². The smallest absolute Gasteiger partial charge is 0.147 e. The van der Waals surface area contributed by atoms with E-state index < -0.39 is 9.84 Å². The van der Waals surface area contributed by atoms with Gasteiger partial charge in [0.1, 0.15) is 9.84 Å². The fourth-order valence-corrected chi connectivity index (χ4v) is 2.37. The van der Waals surface area contributed by atoms with Gasteiger partial charge in [0.15, 0.2) is 0 Å². The fourth-order valence-electron chi connectivity index (χ4n) is 1.77. The van der Waals surface area contributed by atoms with Gasteiger partial charge in [0.2, 0.25) is 0 Å². The van der Waals surface area contributed by atoms with Crippen LogP contribution in [0, 0.1) is 0 Å². The molecule has 0 N–H and O–H groups in total. The van der Waals surface area contributed by atoms with Crippen LogP contribution in [0.15, 0.2) is 30.5 Å². The monoisotopic (exact) mass is 237 g/mol. The summed E-state index contributed by atoms with van der Waals surface area (Å²) < 4.78 is 24.2. The molecule has 1 heterocycles. The SMILES string of the molecule is Cn1ccc2ccc(CCS(C)(=O)=O)cc21. The zero-order chi connectivity index (χ0) is 11.8. The molecular weight excluding hydrogens is 222 g/mol. The van der Waals surface area contributed by atoms with Gasteiger partial charge < -0.3 is 4.57 Å². The average molecular weight is 237 g/mol. The van der Waals surface area contributed by atoms with E-state index in [2.05, 4.69) is 12.1 Å². The number of rotatable bonds is 3. The number of fused-ring (bicyclic) bond motifs is 1. The van der Waals surface area contributed by atoms with Gasteiger partial charge in [-0.2, -0.15) is 0 Å². The maximum Gasteiger partial charge on any atom is 0.147 e. The third-order valence-corrected chi connectivity index (χ3v) is 3.66. The summed E-state index contributed by atoms with van der Waals surface area (Å²) in [5.74, 6) is 0.211. The van der Waals surface area contributed by atoms with Gasteiger partial charge in [0.25, 0.3) is 0 Å². The molecule has 0 aliphatic heterocycles. The highest BCUT2D eigenvalue weighted by Gasteiger charge is 2.04. The van der Waals surface area contributed by atoms with Crippen LogP contribution in [-0.4, -0.2) is 25.0 Å². The Hall–Kier alpha value is -1.29. The van der Waals surface area contributed by atoms with E-state index in [4.69, 9.17) is 0 Å². The second-order valence-electron chi connectivity index (χ2n) is 4.20. The maximum atomic E-state index is 11.1. The van der Waals surface area contributed by atoms with Gasteiger partial charge in [-0.25, -0.2) is 8.42 Å². The third-order valence-electron chi connectivity index (χ3n) is 2.71. The quantitative estimate of drug-likeness (QED) is 0.816. The van der Waals surface area contributed by atoms with Crippen molar-refractivity contribution in [3.05, 3.63) is 36.0 Å². The van der Waals surface area contributed by atoms with Crippen LogP contribution in [0.1, 0.15) is 5.56 Å². The number of nitrogens with zero attached hydrogens (tertiary/aromatic N) is 1. The molecule has 2 aromatic rings. The first-order chi connectivity index (χ1) is 7.46. The summed E-state index contributed by atoms with van der Waals surface area (Å²) in [7, 11) is -0.890. The van der Waals surface area contributed by atoms with Gasteiger partial charge in [0, 0.05) is 25.0 Å². The molecule has 2 rings (SSSR count). The fraction of sp³-hybridized carbons (Fsp3) is 0.333. The summed E-state index contributed by atoms with van der Waals surface area (Å²) in [5.41, 5.74) is 2.21. The number of hydrogen-bond acceptors (Lipinski definition) is 2. The maximum absolute atomic E-state index is 11.1. The molecule has 0 aliphatic carbocycles. The van der Waals surface area contributed by atoms with Crippen molar-refractivity contribution in [3.63, 3.8) is 0 Å². The summed E-state index contributed by atoms with van der Waals surface area (Å²) in [4.78, 5) is 0. The van der Waals surface area contributed by atoms with Crippen LogP contribution in [0.5, 0.6) is 0 Å². The Morgan fingerprint density at radius 3 is 2.69 bits per heavy atom. The van der Waals surface area contributed by atoms with Crippen LogP contribution in [0.25, 0.3) is 10.9 Å². The number of sulfone groups is 1. The summed E-state index contributed by atoms with van der Waals surface area (Å²) in [6, 6.07) is 8.14. The molecule has 0 fully saturated rings. The topological polar surface area (TPSA) is 39.1 Å². The van der Waals surface area contributed by atoms with Gasteiger partial charge in [0.05, 0.1) is 5.75 Å². The first-order valence-corrected chi connectivity index (χ1v) is 7.23. The first kappa shape index (κ1) is 11.2. The highest BCUT2D eigenvalue weighted by Crippen LogP contribution is 2.17. The van der Waals surface area contributed by atoms with Crippen molar-refractivity contribution >= 4 is 20.7 Å². The lowest BCUT2D eigenvalue weighted by Crippen LogP contribution is -2.05. The Morgan fingerprint density at radius 2 is 2.00 bits per heavy atom. The van der Waals surface area contributed by atoms with Crippen LogP contribution >= 0.6 is 0 Å². The van der Waals surface area contributed by atoms with E-state index in [-0.39, 0.29) is 5.75 Å². The Bertz CT molecular complexity index is 611. The summed E-state index contributed by atoms with van der Waals surface area (Å²) in [6.07, 6.45) is 3.86. The minimum absolute atomic E-state index is 0.211. The Balaban J connectivity index is 2.29. The van der Waals surface area contributed by atoms with Gasteiger partial charge in [-0.3, -0.25) is 0 Å². The van der Waals surface area contributed by atoms with Crippen molar-refractivity contribution in [2.24, 2.45) is 7.05 Å². The third kappa shape index (κ3) is 2.44. The predicted octanol–water partition coefficient (Wildman–Crippen LogP) is 1.77. The summed E-state index contributed by atoms with van der Waals surface area (Å²) >= 11 is 0. The van der Waals surface area contributed by atoms with E-state index in [9.17, 15) is 8.42 Å². The molecule has 1 aromatic heterocycles. The number of hydrogen-bond donors (Lipinski definition) is 0. The van der Waals surface area contributed by atoms with Gasteiger partial charge in [-0.05, 0) is 29.5 Å². The Kier molecular flexibility index (Phi) is 2.76. The van der Waals surface area contributed by atoms with Crippen molar-refractivity contribution in [2.75, 3.05) is 12.0 Å². The van der Waals surface area contributed by atoms with E-state index >= 15 is 0 Å². The summed E-state index contributed by atoms with van der Waals surface area (Å²) in [6.45, 7) is 0. The van der Waals surface area contributed by atoms with Crippen LogP contribution in [0.4, 0.5) is 0 Å². The molecule has 3 nitrogen and oxygen atoms in total. The van der Waals surface area contributed by atoms with Crippen LogP contribution in [0.3, 0.4) is 0 Å². The molecule has 86 valence electrons. The van der Waals surface area contributed by atoms with Crippen molar-refractivity contribution < 1.29 is 8.42 Å². The molecular formula is C12H15NO2S. The van der Waals surface area contributed by atoms with E-state index in [1.165, 1.54) is 11.6 Å². The van der Waals surface area contributed by atoms with Crippen LogP contribution in [0.2, 0.25) is 0 Å². The normalized spacial score (nSPS) is 12.1. The zero-order valence-electron chi connectivity index (χ0n) is 9.47. The molecule has 1 aromatic carbocycles. The van der Waals surface area contributed by atoms with Crippen molar-refractivity contribution in [2.45, 2.75) is 6.42 Å². The van der Waals surface area contributed by atoms with Crippen LogP contribution in [-0.2, 0) is 23.3 Å². The lowest BCUT2D eigenvalue weighted by Gasteiger charge is -2.02. The van der Waals surface area contributed by atoms with E-state index in [0.717, 1.165) is 11.1 Å². The molecule has 0 unspecified atom stereocenters. The van der Waals surface area contributed by atoms with Crippen molar-refractivity contribution in [3.8, 4) is 0 Å².